The number of phenols is 1. The van der Waals surface area contributed by atoms with Gasteiger partial charge in [-0.3, -0.25) is 4.79 Å². The van der Waals surface area contributed by atoms with E-state index < -0.39 is 0 Å². The molecule has 3 rings (SSSR count). The number of thiophene rings is 1. The van der Waals surface area contributed by atoms with E-state index in [1.165, 1.54) is 6.07 Å². The number of carbonyl (C=O) groups excluding carboxylic acids is 1. The van der Waals surface area contributed by atoms with Gasteiger partial charge in [-0.05, 0) is 17.5 Å². The van der Waals surface area contributed by atoms with Gasteiger partial charge in [0.05, 0.1) is 5.56 Å². The molecule has 0 spiro atoms. The number of fused-ring (bicyclic) bond motifs is 3. The summed E-state index contributed by atoms with van der Waals surface area (Å²) in [4.78, 5) is 11.9. The lowest BCUT2D eigenvalue weighted by Gasteiger charge is -2.18. The van der Waals surface area contributed by atoms with Crippen molar-refractivity contribution in [3.63, 3.8) is 0 Å². The van der Waals surface area contributed by atoms with Gasteiger partial charge in [0, 0.05) is 22.1 Å². The minimum absolute atomic E-state index is 0.0336. The number of benzene rings is 1. The lowest BCUT2D eigenvalue weighted by molar-refractivity contribution is 0.112. The van der Waals surface area contributed by atoms with Gasteiger partial charge in [0.1, 0.15) is 18.1 Å². The van der Waals surface area contributed by atoms with Crippen molar-refractivity contribution in [2.24, 2.45) is 0 Å². The average molecular weight is 232 g/mol. The molecule has 0 saturated carbocycles. The van der Waals surface area contributed by atoms with Crippen LogP contribution in [0, 0.1) is 0 Å². The smallest absolute Gasteiger partial charge is 0.153 e. The lowest BCUT2D eigenvalue weighted by Crippen LogP contribution is -2.03. The number of ether oxygens (including phenoxy) is 1. The Morgan fingerprint density at radius 3 is 3.12 bits per heavy atom. The van der Waals surface area contributed by atoms with Gasteiger partial charge in [0.15, 0.2) is 6.29 Å². The third kappa shape index (κ3) is 1.23. The highest BCUT2D eigenvalue weighted by atomic mass is 32.1. The van der Waals surface area contributed by atoms with Gasteiger partial charge in [0.25, 0.3) is 0 Å². The maximum Gasteiger partial charge on any atom is 0.153 e. The molecule has 1 N–H and O–H groups in total. The summed E-state index contributed by atoms with van der Waals surface area (Å²) < 4.78 is 5.52. The number of carbonyl (C=O) groups is 1. The zero-order valence-electron chi connectivity index (χ0n) is 8.27. The van der Waals surface area contributed by atoms with Gasteiger partial charge >= 0.3 is 0 Å². The van der Waals surface area contributed by atoms with E-state index >= 15 is 0 Å². The molecule has 0 atom stereocenters. The summed E-state index contributed by atoms with van der Waals surface area (Å²) in [5, 5.41) is 11.6. The van der Waals surface area contributed by atoms with E-state index in [4.69, 9.17) is 4.74 Å². The van der Waals surface area contributed by atoms with Crippen LogP contribution in [0.5, 0.6) is 11.5 Å². The second-order valence-electron chi connectivity index (χ2n) is 3.59. The van der Waals surface area contributed by atoms with Crippen LogP contribution >= 0.6 is 11.3 Å². The minimum atomic E-state index is -0.0336. The van der Waals surface area contributed by atoms with Gasteiger partial charge in [-0.25, -0.2) is 0 Å². The topological polar surface area (TPSA) is 46.5 Å². The second kappa shape index (κ2) is 3.35. The fraction of sp³-hybridized carbons (Fsp3) is 0.0833. The molecule has 1 aromatic heterocycles. The van der Waals surface area contributed by atoms with Crippen LogP contribution in [0.4, 0.5) is 0 Å². The first-order valence-corrected chi connectivity index (χ1v) is 5.69. The van der Waals surface area contributed by atoms with Crippen LogP contribution in [0.25, 0.3) is 10.4 Å². The molecule has 0 radical (unpaired) electrons. The number of aromatic hydroxyl groups is 1. The molecule has 0 amide bonds. The van der Waals surface area contributed by atoms with Crippen molar-refractivity contribution < 1.29 is 14.6 Å². The Labute approximate surface area is 95.9 Å². The van der Waals surface area contributed by atoms with E-state index in [2.05, 4.69) is 0 Å². The summed E-state index contributed by atoms with van der Waals surface area (Å²) in [6, 6.07) is 5.18. The normalized spacial score (nSPS) is 12.5. The molecule has 1 aliphatic rings. The van der Waals surface area contributed by atoms with Gasteiger partial charge in [-0.1, -0.05) is 0 Å². The van der Waals surface area contributed by atoms with Crippen LogP contribution in [0.2, 0.25) is 0 Å². The van der Waals surface area contributed by atoms with Crippen molar-refractivity contribution in [1.29, 1.82) is 0 Å². The molecule has 16 heavy (non-hydrogen) atoms. The van der Waals surface area contributed by atoms with Crippen LogP contribution in [0.15, 0.2) is 23.6 Å². The molecular formula is C12H8O3S. The van der Waals surface area contributed by atoms with Crippen LogP contribution in [0.3, 0.4) is 0 Å². The van der Waals surface area contributed by atoms with Gasteiger partial charge in [-0.2, -0.15) is 0 Å². The number of rotatable bonds is 1. The van der Waals surface area contributed by atoms with Crippen molar-refractivity contribution in [1.82, 2.24) is 0 Å². The van der Waals surface area contributed by atoms with Gasteiger partial charge in [-0.15, -0.1) is 11.3 Å². The Morgan fingerprint density at radius 2 is 2.31 bits per heavy atom. The molecule has 0 fully saturated rings. The number of hydrogen-bond acceptors (Lipinski definition) is 4. The standard InChI is InChI=1S/C12H8O3S/c13-5-8-3-9-11(4-10(8)14)15-6-7-1-2-16-12(7)9/h1-5,14H,6H2. The van der Waals surface area contributed by atoms with Crippen molar-refractivity contribution in [3.8, 4) is 21.9 Å². The molecule has 4 heteroatoms. The zero-order chi connectivity index (χ0) is 11.1. The third-order valence-corrected chi connectivity index (χ3v) is 3.62. The Bertz CT molecular complexity index is 572. The summed E-state index contributed by atoms with van der Waals surface area (Å²) in [5.41, 5.74) is 2.31. The maximum atomic E-state index is 10.8. The van der Waals surface area contributed by atoms with E-state index in [1.54, 1.807) is 17.4 Å². The number of hydrogen-bond donors (Lipinski definition) is 1. The highest BCUT2D eigenvalue weighted by Crippen LogP contribution is 2.43. The van der Waals surface area contributed by atoms with E-state index in [-0.39, 0.29) is 5.75 Å². The second-order valence-corrected chi connectivity index (χ2v) is 4.50. The van der Waals surface area contributed by atoms with E-state index in [0.29, 0.717) is 24.2 Å². The van der Waals surface area contributed by atoms with Crippen LogP contribution < -0.4 is 4.74 Å². The number of aldehydes is 1. The Hall–Kier alpha value is -1.81. The molecule has 2 aromatic rings. The van der Waals surface area contributed by atoms with Crippen LogP contribution in [-0.4, -0.2) is 11.4 Å². The monoisotopic (exact) mass is 232 g/mol. The van der Waals surface area contributed by atoms with Crippen molar-refractivity contribution in [2.45, 2.75) is 6.61 Å². The molecule has 0 saturated heterocycles. The number of phenolic OH excluding ortho intramolecular Hbond substituents is 1. The predicted molar refractivity (Wildman–Crippen MR) is 61.1 cm³/mol. The highest BCUT2D eigenvalue weighted by Gasteiger charge is 2.20. The predicted octanol–water partition coefficient (Wildman–Crippen LogP) is 2.83. The average Bonchev–Trinajstić information content (AvgIpc) is 2.76. The molecule has 0 bridgehead atoms. The molecular weight excluding hydrogens is 224 g/mol. The Morgan fingerprint density at radius 1 is 1.44 bits per heavy atom. The van der Waals surface area contributed by atoms with Crippen molar-refractivity contribution in [3.05, 3.63) is 34.7 Å². The Kier molecular flexibility index (Phi) is 1.97. The highest BCUT2D eigenvalue weighted by molar-refractivity contribution is 7.13. The van der Waals surface area contributed by atoms with Crippen molar-refractivity contribution >= 4 is 17.6 Å². The summed E-state index contributed by atoms with van der Waals surface area (Å²) in [6.45, 7) is 0.520. The first-order valence-electron chi connectivity index (χ1n) is 4.81. The summed E-state index contributed by atoms with van der Waals surface area (Å²) in [7, 11) is 0. The lowest BCUT2D eigenvalue weighted by atomic mass is 10.0. The van der Waals surface area contributed by atoms with Gasteiger partial charge in [0.2, 0.25) is 0 Å². The zero-order valence-corrected chi connectivity index (χ0v) is 9.08. The van der Waals surface area contributed by atoms with Crippen LogP contribution in [0.1, 0.15) is 15.9 Å². The summed E-state index contributed by atoms with van der Waals surface area (Å²) in [6.07, 6.45) is 0.650. The fourth-order valence-electron chi connectivity index (χ4n) is 1.82. The largest absolute Gasteiger partial charge is 0.507 e. The van der Waals surface area contributed by atoms with Crippen LogP contribution in [-0.2, 0) is 6.61 Å². The third-order valence-electron chi connectivity index (χ3n) is 2.63. The fourth-order valence-corrected chi connectivity index (χ4v) is 2.75. The quantitative estimate of drug-likeness (QED) is 0.769. The van der Waals surface area contributed by atoms with E-state index in [0.717, 1.165) is 16.0 Å². The first kappa shape index (κ1) is 9.42. The molecule has 1 aromatic carbocycles. The van der Waals surface area contributed by atoms with E-state index in [9.17, 15) is 9.90 Å². The minimum Gasteiger partial charge on any atom is -0.507 e. The molecule has 3 nitrogen and oxygen atoms in total. The SMILES string of the molecule is O=Cc1cc2c(cc1O)OCc1ccsc1-2. The van der Waals surface area contributed by atoms with Crippen molar-refractivity contribution in [2.75, 3.05) is 0 Å². The summed E-state index contributed by atoms with van der Waals surface area (Å²) >= 11 is 1.62. The van der Waals surface area contributed by atoms with Gasteiger partial charge < -0.3 is 9.84 Å². The molecule has 0 aliphatic carbocycles. The molecule has 1 aliphatic heterocycles. The molecule has 80 valence electrons. The summed E-state index contributed by atoms with van der Waals surface area (Å²) in [5.74, 6) is 0.604. The van der Waals surface area contributed by atoms with E-state index in [1.807, 2.05) is 11.4 Å². The first-order chi connectivity index (χ1) is 7.79. The maximum absolute atomic E-state index is 10.8. The Balaban J connectivity index is 2.27. The molecule has 2 heterocycles. The molecule has 0 unspecified atom stereocenters.